The van der Waals surface area contributed by atoms with Gasteiger partial charge in [-0.25, -0.2) is 9.97 Å². The molecule has 0 aliphatic rings. The fraction of sp³-hybridized carbons (Fsp3) is 0.235. The average Bonchev–Trinajstić information content (AvgIpc) is 2.54. The lowest BCUT2D eigenvalue weighted by Crippen LogP contribution is -2.23. The molecule has 23 heavy (non-hydrogen) atoms. The Bertz CT molecular complexity index is 669. The largest absolute Gasteiger partial charge is 0.489 e. The van der Waals surface area contributed by atoms with E-state index in [1.54, 1.807) is 6.08 Å². The fourth-order valence-corrected chi connectivity index (χ4v) is 1.82. The second-order valence-electron chi connectivity index (χ2n) is 5.08. The monoisotopic (exact) mass is 312 g/mol. The van der Waals surface area contributed by atoms with Crippen LogP contribution < -0.4 is 15.4 Å². The minimum absolute atomic E-state index is 0.0646. The summed E-state index contributed by atoms with van der Waals surface area (Å²) in [6, 6.07) is 7.55. The molecule has 2 N–H and O–H groups in total. The fourth-order valence-electron chi connectivity index (χ4n) is 1.82. The van der Waals surface area contributed by atoms with Crippen molar-refractivity contribution in [1.82, 2.24) is 15.3 Å². The Morgan fingerprint density at radius 3 is 2.65 bits per heavy atom. The van der Waals surface area contributed by atoms with E-state index in [2.05, 4.69) is 27.2 Å². The summed E-state index contributed by atoms with van der Waals surface area (Å²) in [6.45, 7) is 7.87. The first-order valence-corrected chi connectivity index (χ1v) is 7.34. The van der Waals surface area contributed by atoms with Crippen molar-refractivity contribution in [3.8, 4) is 5.75 Å². The molecule has 1 heterocycles. The van der Waals surface area contributed by atoms with E-state index >= 15 is 0 Å². The lowest BCUT2D eigenvalue weighted by molar-refractivity contribution is 0.0957. The molecular formula is C17H20N4O2. The van der Waals surface area contributed by atoms with E-state index in [9.17, 15) is 4.79 Å². The predicted molar refractivity (Wildman–Crippen MR) is 90.1 cm³/mol. The summed E-state index contributed by atoms with van der Waals surface area (Å²) in [5.74, 6) is 0.879. The molecule has 1 aromatic carbocycles. The molecule has 0 radical (unpaired) electrons. The van der Waals surface area contributed by atoms with Gasteiger partial charge >= 0.3 is 0 Å². The molecule has 0 bridgehead atoms. The Labute approximate surface area is 135 Å². The van der Waals surface area contributed by atoms with Crippen molar-refractivity contribution in [2.45, 2.75) is 20.0 Å². The van der Waals surface area contributed by atoms with Crippen molar-refractivity contribution in [3.63, 3.8) is 0 Å². The number of nitrogens with zero attached hydrogens (tertiary/aromatic N) is 2. The molecule has 0 saturated carbocycles. The summed E-state index contributed by atoms with van der Waals surface area (Å²) < 4.78 is 5.73. The first kappa shape index (κ1) is 16.5. The van der Waals surface area contributed by atoms with Gasteiger partial charge in [0, 0.05) is 18.9 Å². The van der Waals surface area contributed by atoms with Gasteiger partial charge in [0.15, 0.2) is 0 Å². The molecule has 6 heteroatoms. The van der Waals surface area contributed by atoms with Crippen LogP contribution >= 0.6 is 0 Å². The molecule has 0 unspecified atom stereocenters. The highest BCUT2D eigenvalue weighted by Gasteiger charge is 2.09. The molecule has 1 aromatic heterocycles. The Hall–Kier alpha value is -2.89. The summed E-state index contributed by atoms with van der Waals surface area (Å²) >= 11 is 0. The van der Waals surface area contributed by atoms with Crippen LogP contribution in [0.1, 0.15) is 24.2 Å². The van der Waals surface area contributed by atoms with E-state index in [4.69, 9.17) is 4.74 Å². The van der Waals surface area contributed by atoms with Gasteiger partial charge in [0.05, 0.1) is 17.4 Å². The summed E-state index contributed by atoms with van der Waals surface area (Å²) in [5.41, 5.74) is 1.16. The van der Waals surface area contributed by atoms with Gasteiger partial charge in [0.2, 0.25) is 5.95 Å². The van der Waals surface area contributed by atoms with Crippen LogP contribution in [-0.4, -0.2) is 28.5 Å². The zero-order valence-corrected chi connectivity index (χ0v) is 13.2. The zero-order chi connectivity index (χ0) is 16.7. The van der Waals surface area contributed by atoms with Gasteiger partial charge in [0.1, 0.15) is 5.75 Å². The van der Waals surface area contributed by atoms with Crippen LogP contribution in [0.15, 0.2) is 49.3 Å². The standard InChI is InChI=1S/C17H20N4O2/c1-4-9-18-16(22)13-10-19-17(20-11-13)21-14-7-5-6-8-15(14)23-12(2)3/h4-8,10-12H,1,9H2,2-3H3,(H,18,22)(H,19,20,21). The maximum Gasteiger partial charge on any atom is 0.254 e. The molecule has 0 spiro atoms. The number of para-hydroxylation sites is 2. The SMILES string of the molecule is C=CCNC(=O)c1cnc(Nc2ccccc2OC(C)C)nc1. The van der Waals surface area contributed by atoms with Gasteiger partial charge in [-0.05, 0) is 26.0 Å². The third kappa shape index (κ3) is 4.81. The number of benzene rings is 1. The number of aromatic nitrogens is 2. The Morgan fingerprint density at radius 1 is 1.30 bits per heavy atom. The topological polar surface area (TPSA) is 76.1 Å². The van der Waals surface area contributed by atoms with Crippen LogP contribution in [0.5, 0.6) is 5.75 Å². The van der Waals surface area contributed by atoms with Crippen molar-refractivity contribution in [1.29, 1.82) is 0 Å². The Balaban J connectivity index is 2.09. The van der Waals surface area contributed by atoms with Crippen LogP contribution in [0, 0.1) is 0 Å². The number of amides is 1. The van der Waals surface area contributed by atoms with Gasteiger partial charge in [-0.1, -0.05) is 18.2 Å². The van der Waals surface area contributed by atoms with Crippen molar-refractivity contribution in [2.75, 3.05) is 11.9 Å². The van der Waals surface area contributed by atoms with Crippen LogP contribution in [0.4, 0.5) is 11.6 Å². The molecule has 2 rings (SSSR count). The molecule has 0 fully saturated rings. The maximum absolute atomic E-state index is 11.8. The highest BCUT2D eigenvalue weighted by atomic mass is 16.5. The smallest absolute Gasteiger partial charge is 0.254 e. The van der Waals surface area contributed by atoms with Gasteiger partial charge in [-0.3, -0.25) is 4.79 Å². The molecule has 1 amide bonds. The number of carbonyl (C=O) groups is 1. The molecule has 0 saturated heterocycles. The summed E-state index contributed by atoms with van der Waals surface area (Å²) in [6.07, 6.45) is 4.62. The van der Waals surface area contributed by atoms with Crippen LogP contribution in [-0.2, 0) is 0 Å². The van der Waals surface area contributed by atoms with Crippen molar-refractivity contribution < 1.29 is 9.53 Å². The number of hydrogen-bond donors (Lipinski definition) is 2. The molecule has 0 atom stereocenters. The summed E-state index contributed by atoms with van der Waals surface area (Å²) in [7, 11) is 0. The van der Waals surface area contributed by atoms with Crippen LogP contribution in [0.2, 0.25) is 0 Å². The summed E-state index contributed by atoms with van der Waals surface area (Å²) in [5, 5.41) is 5.76. The number of anilines is 2. The molecular weight excluding hydrogens is 292 g/mol. The van der Waals surface area contributed by atoms with E-state index in [1.165, 1.54) is 12.4 Å². The summed E-state index contributed by atoms with van der Waals surface area (Å²) in [4.78, 5) is 20.1. The van der Waals surface area contributed by atoms with Crippen molar-refractivity contribution >= 4 is 17.5 Å². The van der Waals surface area contributed by atoms with E-state index in [-0.39, 0.29) is 12.0 Å². The maximum atomic E-state index is 11.8. The van der Waals surface area contributed by atoms with Crippen LogP contribution in [0.25, 0.3) is 0 Å². The van der Waals surface area contributed by atoms with Crippen molar-refractivity contribution in [2.24, 2.45) is 0 Å². The molecule has 0 aliphatic heterocycles. The van der Waals surface area contributed by atoms with E-state index in [0.717, 1.165) is 11.4 Å². The molecule has 2 aromatic rings. The second kappa shape index (κ2) is 7.93. The van der Waals surface area contributed by atoms with E-state index in [1.807, 2.05) is 38.1 Å². The third-order valence-electron chi connectivity index (χ3n) is 2.82. The lowest BCUT2D eigenvalue weighted by atomic mass is 10.3. The Morgan fingerprint density at radius 2 is 2.00 bits per heavy atom. The van der Waals surface area contributed by atoms with Crippen molar-refractivity contribution in [3.05, 3.63) is 54.9 Å². The molecule has 0 aliphatic carbocycles. The van der Waals surface area contributed by atoms with Gasteiger partial charge in [-0.15, -0.1) is 6.58 Å². The number of hydrogen-bond acceptors (Lipinski definition) is 5. The zero-order valence-electron chi connectivity index (χ0n) is 13.2. The lowest BCUT2D eigenvalue weighted by Gasteiger charge is -2.14. The normalized spacial score (nSPS) is 10.2. The van der Waals surface area contributed by atoms with Crippen LogP contribution in [0.3, 0.4) is 0 Å². The number of carbonyl (C=O) groups excluding carboxylic acids is 1. The number of nitrogens with one attached hydrogen (secondary N) is 2. The third-order valence-corrected chi connectivity index (χ3v) is 2.82. The van der Waals surface area contributed by atoms with E-state index in [0.29, 0.717) is 18.1 Å². The Kier molecular flexibility index (Phi) is 5.68. The minimum Gasteiger partial charge on any atom is -0.489 e. The van der Waals surface area contributed by atoms with Gasteiger partial charge in [0.25, 0.3) is 5.91 Å². The molecule has 6 nitrogen and oxygen atoms in total. The first-order valence-electron chi connectivity index (χ1n) is 7.34. The minimum atomic E-state index is -0.236. The van der Waals surface area contributed by atoms with Gasteiger partial charge < -0.3 is 15.4 Å². The number of ether oxygens (including phenoxy) is 1. The van der Waals surface area contributed by atoms with Gasteiger partial charge in [-0.2, -0.15) is 0 Å². The average molecular weight is 312 g/mol. The molecule has 120 valence electrons. The predicted octanol–water partition coefficient (Wildman–Crippen LogP) is 2.92. The van der Waals surface area contributed by atoms with E-state index < -0.39 is 0 Å². The second-order valence-corrected chi connectivity index (χ2v) is 5.08. The first-order chi connectivity index (χ1) is 11.1. The quantitative estimate of drug-likeness (QED) is 0.769. The highest BCUT2D eigenvalue weighted by Crippen LogP contribution is 2.26. The number of rotatable bonds is 7. The highest BCUT2D eigenvalue weighted by molar-refractivity contribution is 5.93.